The van der Waals surface area contributed by atoms with Crippen molar-refractivity contribution in [3.8, 4) is 16.9 Å². The molecule has 1 aliphatic heterocycles. The fraction of sp³-hybridized carbons (Fsp3) is 0.400. The Hall–Kier alpha value is -1.87. The summed E-state index contributed by atoms with van der Waals surface area (Å²) in [5.74, 6) is 0.174. The van der Waals surface area contributed by atoms with E-state index in [1.54, 1.807) is 24.9 Å². The van der Waals surface area contributed by atoms with Crippen LogP contribution in [0, 0.1) is 0 Å². The van der Waals surface area contributed by atoms with Gasteiger partial charge in [-0.3, -0.25) is 9.00 Å². The number of hydrogen-bond acceptors (Lipinski definition) is 5. The van der Waals surface area contributed by atoms with Gasteiger partial charge < -0.3 is 10.1 Å². The van der Waals surface area contributed by atoms with Crippen LogP contribution in [-0.2, 0) is 15.6 Å². The van der Waals surface area contributed by atoms with E-state index in [4.69, 9.17) is 16.3 Å². The van der Waals surface area contributed by atoms with Gasteiger partial charge in [-0.1, -0.05) is 29.8 Å². The summed E-state index contributed by atoms with van der Waals surface area (Å²) in [7, 11) is -1.11. The van der Waals surface area contributed by atoms with Gasteiger partial charge in [0.2, 0.25) is 0 Å². The maximum atomic E-state index is 15.4. The van der Waals surface area contributed by atoms with E-state index in [-0.39, 0.29) is 18.9 Å². The second-order valence-electron chi connectivity index (χ2n) is 8.18. The van der Waals surface area contributed by atoms with Gasteiger partial charge in [0, 0.05) is 64.4 Å². The van der Waals surface area contributed by atoms with Crippen molar-refractivity contribution >= 4 is 40.3 Å². The molecule has 0 bridgehead atoms. The first-order chi connectivity index (χ1) is 16.2. The van der Waals surface area contributed by atoms with E-state index in [1.165, 1.54) is 11.7 Å². The molecule has 1 saturated heterocycles. The van der Waals surface area contributed by atoms with Crippen LogP contribution in [0.25, 0.3) is 11.1 Å². The number of rotatable bonds is 9. The first-order valence-corrected chi connectivity index (χ1v) is 13.9. The minimum absolute atomic E-state index is 0.102. The van der Waals surface area contributed by atoms with E-state index in [1.807, 2.05) is 49.4 Å². The zero-order valence-electron chi connectivity index (χ0n) is 19.6. The van der Waals surface area contributed by atoms with Crippen molar-refractivity contribution in [3.63, 3.8) is 0 Å². The van der Waals surface area contributed by atoms with Crippen LogP contribution in [0.2, 0.25) is 5.02 Å². The second kappa shape index (κ2) is 12.2. The molecule has 1 amide bonds. The summed E-state index contributed by atoms with van der Waals surface area (Å²) < 4.78 is 34.3. The standard InChI is InChI=1S/C25H30ClFN2O3S2/c1-4-32-21-7-5-6-19(16-21)22-17-20(26)8-9-23(22)33-29-13-11-25(27,12-14-29)24(30)28-18(2)10-15-34(3)31/h5-10,15-18H,4,11-14H2,1-3H3,(H,28,30)/b15-10-. The predicted octanol–water partition coefficient (Wildman–Crippen LogP) is 5.61. The molecule has 184 valence electrons. The van der Waals surface area contributed by atoms with Crippen LogP contribution < -0.4 is 10.1 Å². The molecule has 1 N–H and O–H groups in total. The minimum atomic E-state index is -1.92. The largest absolute Gasteiger partial charge is 0.494 e. The molecule has 2 atom stereocenters. The lowest BCUT2D eigenvalue weighted by Gasteiger charge is -2.35. The van der Waals surface area contributed by atoms with Gasteiger partial charge >= 0.3 is 0 Å². The molecular formula is C25H30ClFN2O3S2. The molecule has 2 aromatic carbocycles. The Morgan fingerprint density at radius 3 is 2.74 bits per heavy atom. The Bertz CT molecular complexity index is 1060. The van der Waals surface area contributed by atoms with Crippen molar-refractivity contribution in [1.29, 1.82) is 0 Å². The topological polar surface area (TPSA) is 58.6 Å². The van der Waals surface area contributed by atoms with E-state index in [0.29, 0.717) is 24.7 Å². The van der Waals surface area contributed by atoms with Gasteiger partial charge in [0.15, 0.2) is 5.67 Å². The Balaban J connectivity index is 1.67. The highest BCUT2D eigenvalue weighted by Gasteiger charge is 2.42. The van der Waals surface area contributed by atoms with Crippen molar-refractivity contribution in [3.05, 3.63) is 59.0 Å². The van der Waals surface area contributed by atoms with Crippen molar-refractivity contribution in [2.24, 2.45) is 0 Å². The number of halogens is 2. The van der Waals surface area contributed by atoms with Crippen molar-refractivity contribution < 1.29 is 18.1 Å². The third kappa shape index (κ3) is 7.31. The van der Waals surface area contributed by atoms with Gasteiger partial charge in [0.1, 0.15) is 5.75 Å². The summed E-state index contributed by atoms with van der Waals surface area (Å²) in [6.07, 6.45) is 3.36. The summed E-state index contributed by atoms with van der Waals surface area (Å²) in [5, 5.41) is 4.80. The summed E-state index contributed by atoms with van der Waals surface area (Å²) in [6.45, 7) is 5.12. The zero-order chi connectivity index (χ0) is 24.7. The SMILES string of the molecule is CCOc1cccc(-c2cc(Cl)ccc2SN2CCC(F)(C(=O)NC(C)/C=C\S(C)=O)CC2)c1. The number of alkyl halides is 1. The number of benzene rings is 2. The number of amides is 1. The molecule has 34 heavy (non-hydrogen) atoms. The summed E-state index contributed by atoms with van der Waals surface area (Å²) in [5.41, 5.74) is 0.0455. The highest BCUT2D eigenvalue weighted by atomic mass is 35.5. The van der Waals surface area contributed by atoms with Crippen LogP contribution in [0.5, 0.6) is 5.75 Å². The number of nitrogens with one attached hydrogen (secondary N) is 1. The lowest BCUT2D eigenvalue weighted by molar-refractivity contribution is -0.135. The molecule has 5 nitrogen and oxygen atoms in total. The number of carbonyl (C=O) groups is 1. The average Bonchev–Trinajstić information content (AvgIpc) is 2.81. The van der Waals surface area contributed by atoms with Gasteiger partial charge in [-0.15, -0.1) is 0 Å². The Labute approximate surface area is 212 Å². The quantitative estimate of drug-likeness (QED) is 0.432. The van der Waals surface area contributed by atoms with Gasteiger partial charge in [-0.05, 0) is 67.3 Å². The molecule has 1 heterocycles. The van der Waals surface area contributed by atoms with E-state index >= 15 is 4.39 Å². The Kier molecular flexibility index (Phi) is 9.59. The van der Waals surface area contributed by atoms with Gasteiger partial charge in [0.05, 0.1) is 6.61 Å². The highest BCUT2D eigenvalue weighted by molar-refractivity contribution is 7.97. The second-order valence-corrected chi connectivity index (χ2v) is 11.0. The normalized spacial score (nSPS) is 17.9. The maximum absolute atomic E-state index is 15.4. The number of ether oxygens (including phenoxy) is 1. The first-order valence-electron chi connectivity index (χ1n) is 11.2. The molecule has 2 unspecified atom stereocenters. The van der Waals surface area contributed by atoms with E-state index in [0.717, 1.165) is 21.8 Å². The smallest absolute Gasteiger partial charge is 0.258 e. The van der Waals surface area contributed by atoms with E-state index < -0.39 is 22.4 Å². The van der Waals surface area contributed by atoms with Crippen molar-refractivity contribution in [1.82, 2.24) is 9.62 Å². The molecule has 2 aromatic rings. The Morgan fingerprint density at radius 1 is 1.32 bits per heavy atom. The van der Waals surface area contributed by atoms with Crippen LogP contribution >= 0.6 is 23.5 Å². The summed E-state index contributed by atoms with van der Waals surface area (Å²) in [6, 6.07) is 13.2. The van der Waals surface area contributed by atoms with Gasteiger partial charge in [-0.25, -0.2) is 8.70 Å². The maximum Gasteiger partial charge on any atom is 0.258 e. The number of hydrogen-bond donors (Lipinski definition) is 1. The average molecular weight is 525 g/mol. The van der Waals surface area contributed by atoms with Gasteiger partial charge in [0.25, 0.3) is 5.91 Å². The fourth-order valence-corrected chi connectivity index (χ4v) is 5.31. The lowest BCUT2D eigenvalue weighted by atomic mass is 9.93. The van der Waals surface area contributed by atoms with E-state index in [9.17, 15) is 9.00 Å². The lowest BCUT2D eigenvalue weighted by Crippen LogP contribution is -2.51. The number of piperidine rings is 1. The first kappa shape index (κ1) is 26.7. The molecule has 0 saturated carbocycles. The van der Waals surface area contributed by atoms with Crippen molar-refractivity contribution in [2.75, 3.05) is 26.0 Å². The molecular weight excluding hydrogens is 495 g/mol. The predicted molar refractivity (Wildman–Crippen MR) is 139 cm³/mol. The van der Waals surface area contributed by atoms with Gasteiger partial charge in [-0.2, -0.15) is 0 Å². The summed E-state index contributed by atoms with van der Waals surface area (Å²) in [4.78, 5) is 13.6. The Morgan fingerprint density at radius 2 is 2.06 bits per heavy atom. The molecule has 9 heteroatoms. The molecule has 0 spiro atoms. The third-order valence-corrected chi connectivity index (χ3v) is 7.42. The molecule has 0 radical (unpaired) electrons. The zero-order valence-corrected chi connectivity index (χ0v) is 21.9. The molecule has 3 rings (SSSR count). The number of nitrogens with zero attached hydrogens (tertiary/aromatic N) is 1. The van der Waals surface area contributed by atoms with Crippen molar-refractivity contribution in [2.45, 2.75) is 43.3 Å². The third-order valence-electron chi connectivity index (χ3n) is 5.46. The molecule has 0 aromatic heterocycles. The monoisotopic (exact) mass is 524 g/mol. The number of carbonyl (C=O) groups excluding carboxylic acids is 1. The molecule has 0 aliphatic carbocycles. The molecule has 1 aliphatic rings. The molecule has 1 fully saturated rings. The minimum Gasteiger partial charge on any atom is -0.494 e. The fourth-order valence-electron chi connectivity index (χ4n) is 3.64. The summed E-state index contributed by atoms with van der Waals surface area (Å²) >= 11 is 7.84. The van der Waals surface area contributed by atoms with Crippen LogP contribution in [0.3, 0.4) is 0 Å². The van der Waals surface area contributed by atoms with E-state index in [2.05, 4.69) is 9.62 Å². The van der Waals surface area contributed by atoms with Crippen LogP contribution in [0.15, 0.2) is 58.8 Å². The highest BCUT2D eigenvalue weighted by Crippen LogP contribution is 2.39. The van der Waals surface area contributed by atoms with Crippen LogP contribution in [-0.4, -0.2) is 52.1 Å². The van der Waals surface area contributed by atoms with Crippen LogP contribution in [0.1, 0.15) is 26.7 Å². The van der Waals surface area contributed by atoms with Crippen LogP contribution in [0.4, 0.5) is 4.39 Å².